The van der Waals surface area contributed by atoms with Crippen molar-refractivity contribution in [2.24, 2.45) is 5.41 Å². The third kappa shape index (κ3) is 4.74. The van der Waals surface area contributed by atoms with Gasteiger partial charge in [0.25, 0.3) is 0 Å². The molecule has 0 aliphatic carbocycles. The van der Waals surface area contributed by atoms with Gasteiger partial charge in [0.15, 0.2) is 5.82 Å². The SMILES string of the molecule is Cc1ccccc1-c1ncc(CN2CCCC(CO)(Cc3ccc(F)cc3)C2)cn1. The largest absolute Gasteiger partial charge is 0.396 e. The van der Waals surface area contributed by atoms with Crippen LogP contribution in [0.3, 0.4) is 0 Å². The van der Waals surface area contributed by atoms with E-state index in [4.69, 9.17) is 0 Å². The molecule has 3 aromatic rings. The van der Waals surface area contributed by atoms with Gasteiger partial charge in [0.05, 0.1) is 6.61 Å². The summed E-state index contributed by atoms with van der Waals surface area (Å²) in [6.07, 6.45) is 6.57. The first kappa shape index (κ1) is 20.6. The summed E-state index contributed by atoms with van der Waals surface area (Å²) in [5.74, 6) is 0.521. The molecule has 4 rings (SSSR count). The number of halogens is 1. The average Bonchev–Trinajstić information content (AvgIpc) is 2.77. The molecule has 156 valence electrons. The Hall–Kier alpha value is -2.63. The van der Waals surface area contributed by atoms with Gasteiger partial charge in [-0.15, -0.1) is 0 Å². The molecule has 30 heavy (non-hydrogen) atoms. The number of hydrogen-bond acceptors (Lipinski definition) is 4. The second-order valence-corrected chi connectivity index (χ2v) is 8.51. The molecule has 1 aliphatic rings. The third-order valence-electron chi connectivity index (χ3n) is 6.07. The monoisotopic (exact) mass is 405 g/mol. The minimum absolute atomic E-state index is 0.129. The van der Waals surface area contributed by atoms with Crippen molar-refractivity contribution in [1.82, 2.24) is 14.9 Å². The molecule has 0 saturated carbocycles. The van der Waals surface area contributed by atoms with Crippen LogP contribution >= 0.6 is 0 Å². The molecular formula is C25H28FN3O. The summed E-state index contributed by atoms with van der Waals surface area (Å²) < 4.78 is 13.2. The summed E-state index contributed by atoms with van der Waals surface area (Å²) in [4.78, 5) is 11.5. The van der Waals surface area contributed by atoms with Crippen LogP contribution in [0.5, 0.6) is 0 Å². The van der Waals surface area contributed by atoms with Crippen LogP contribution in [0.2, 0.25) is 0 Å². The first-order valence-corrected chi connectivity index (χ1v) is 10.5. The molecule has 4 nitrogen and oxygen atoms in total. The lowest BCUT2D eigenvalue weighted by molar-refractivity contribution is 0.0287. The van der Waals surface area contributed by atoms with E-state index >= 15 is 0 Å². The van der Waals surface area contributed by atoms with Crippen molar-refractivity contribution in [2.45, 2.75) is 32.7 Å². The van der Waals surface area contributed by atoms with E-state index in [1.807, 2.05) is 42.7 Å². The zero-order chi connectivity index (χ0) is 21.0. The summed E-state index contributed by atoms with van der Waals surface area (Å²) in [5.41, 5.74) is 4.16. The highest BCUT2D eigenvalue weighted by Crippen LogP contribution is 2.34. The highest BCUT2D eigenvalue weighted by Gasteiger charge is 2.35. The molecule has 1 fully saturated rings. The molecule has 0 radical (unpaired) electrons. The molecule has 1 unspecified atom stereocenters. The number of aliphatic hydroxyl groups excluding tert-OH is 1. The van der Waals surface area contributed by atoms with Crippen LogP contribution in [0, 0.1) is 18.2 Å². The first-order valence-electron chi connectivity index (χ1n) is 10.5. The van der Waals surface area contributed by atoms with Crippen molar-refractivity contribution < 1.29 is 9.50 Å². The van der Waals surface area contributed by atoms with Gasteiger partial charge in [-0.3, -0.25) is 4.90 Å². The van der Waals surface area contributed by atoms with E-state index in [2.05, 4.69) is 27.9 Å². The van der Waals surface area contributed by atoms with Gasteiger partial charge in [0.1, 0.15) is 5.82 Å². The lowest BCUT2D eigenvalue weighted by atomic mass is 9.75. The molecular weight excluding hydrogens is 377 g/mol. The first-order chi connectivity index (χ1) is 14.6. The van der Waals surface area contributed by atoms with Crippen LogP contribution in [0.25, 0.3) is 11.4 Å². The minimum atomic E-state index is -0.226. The lowest BCUT2D eigenvalue weighted by Gasteiger charge is -2.42. The van der Waals surface area contributed by atoms with E-state index < -0.39 is 0 Å². The molecule has 0 bridgehead atoms. The number of piperidine rings is 1. The maximum absolute atomic E-state index is 13.2. The molecule has 1 aliphatic heterocycles. The van der Waals surface area contributed by atoms with E-state index in [9.17, 15) is 9.50 Å². The highest BCUT2D eigenvalue weighted by molar-refractivity contribution is 5.59. The summed E-state index contributed by atoms with van der Waals surface area (Å²) in [6, 6.07) is 14.8. The second-order valence-electron chi connectivity index (χ2n) is 8.51. The lowest BCUT2D eigenvalue weighted by Crippen LogP contribution is -2.46. The van der Waals surface area contributed by atoms with Crippen molar-refractivity contribution in [2.75, 3.05) is 19.7 Å². The quantitative estimate of drug-likeness (QED) is 0.660. The second kappa shape index (κ2) is 9.02. The van der Waals surface area contributed by atoms with E-state index in [-0.39, 0.29) is 17.8 Å². The molecule has 0 spiro atoms. The number of likely N-dealkylation sites (tertiary alicyclic amines) is 1. The summed E-state index contributed by atoms with van der Waals surface area (Å²) in [5, 5.41) is 10.2. The van der Waals surface area contributed by atoms with Crippen LogP contribution in [0.15, 0.2) is 60.9 Å². The highest BCUT2D eigenvalue weighted by atomic mass is 19.1. The molecule has 2 aromatic carbocycles. The molecule has 1 atom stereocenters. The predicted molar refractivity (Wildman–Crippen MR) is 116 cm³/mol. The fourth-order valence-electron chi connectivity index (χ4n) is 4.47. The summed E-state index contributed by atoms with van der Waals surface area (Å²) in [6.45, 7) is 4.75. The average molecular weight is 406 g/mol. The van der Waals surface area contributed by atoms with Gasteiger partial charge in [0, 0.05) is 42.0 Å². The number of aryl methyl sites for hydroxylation is 1. The molecule has 1 N–H and O–H groups in total. The van der Waals surface area contributed by atoms with Gasteiger partial charge in [-0.1, -0.05) is 36.4 Å². The number of benzene rings is 2. The van der Waals surface area contributed by atoms with Crippen LogP contribution in [0.1, 0.15) is 29.5 Å². The zero-order valence-corrected chi connectivity index (χ0v) is 17.4. The van der Waals surface area contributed by atoms with E-state index in [0.29, 0.717) is 0 Å². The maximum atomic E-state index is 13.2. The Balaban J connectivity index is 1.44. The Bertz CT molecular complexity index is 974. The number of aliphatic hydroxyl groups is 1. The standard InChI is InChI=1S/C25H28FN3O/c1-19-5-2-3-6-23(19)24-27-14-21(15-28-24)16-29-12-4-11-25(17-29,18-30)13-20-7-9-22(26)10-8-20/h2-3,5-10,14-15,30H,4,11-13,16-18H2,1H3. The normalized spacial score (nSPS) is 19.7. The fraction of sp³-hybridized carbons (Fsp3) is 0.360. The van der Waals surface area contributed by atoms with Crippen molar-refractivity contribution in [3.63, 3.8) is 0 Å². The van der Waals surface area contributed by atoms with E-state index in [0.717, 1.165) is 67.0 Å². The van der Waals surface area contributed by atoms with Crippen molar-refractivity contribution in [1.29, 1.82) is 0 Å². The van der Waals surface area contributed by atoms with Crippen molar-refractivity contribution in [3.05, 3.63) is 83.4 Å². The van der Waals surface area contributed by atoms with Crippen LogP contribution < -0.4 is 0 Å². The van der Waals surface area contributed by atoms with Gasteiger partial charge in [0.2, 0.25) is 0 Å². The van der Waals surface area contributed by atoms with Gasteiger partial charge in [-0.2, -0.15) is 0 Å². The van der Waals surface area contributed by atoms with Crippen molar-refractivity contribution in [3.8, 4) is 11.4 Å². The zero-order valence-electron chi connectivity index (χ0n) is 17.4. The topological polar surface area (TPSA) is 49.2 Å². The fourth-order valence-corrected chi connectivity index (χ4v) is 4.47. The molecule has 0 amide bonds. The van der Waals surface area contributed by atoms with Crippen molar-refractivity contribution >= 4 is 0 Å². The summed E-state index contributed by atoms with van der Waals surface area (Å²) >= 11 is 0. The molecule has 1 aromatic heterocycles. The number of nitrogens with zero attached hydrogens (tertiary/aromatic N) is 3. The number of rotatable bonds is 6. The van der Waals surface area contributed by atoms with Crippen LogP contribution in [0.4, 0.5) is 4.39 Å². The maximum Gasteiger partial charge on any atom is 0.159 e. The van der Waals surface area contributed by atoms with Gasteiger partial charge < -0.3 is 5.11 Å². The predicted octanol–water partition coefficient (Wildman–Crippen LogP) is 4.41. The van der Waals surface area contributed by atoms with Gasteiger partial charge in [-0.05, 0) is 56.0 Å². The van der Waals surface area contributed by atoms with E-state index in [1.54, 1.807) is 0 Å². The van der Waals surface area contributed by atoms with E-state index in [1.165, 1.54) is 12.1 Å². The Morgan fingerprint density at radius 2 is 1.77 bits per heavy atom. The van der Waals surface area contributed by atoms with Crippen LogP contribution in [-0.4, -0.2) is 39.7 Å². The third-order valence-corrected chi connectivity index (χ3v) is 6.07. The van der Waals surface area contributed by atoms with Gasteiger partial charge >= 0.3 is 0 Å². The molecule has 1 saturated heterocycles. The summed E-state index contributed by atoms with van der Waals surface area (Å²) in [7, 11) is 0. The molecule has 5 heteroatoms. The van der Waals surface area contributed by atoms with Gasteiger partial charge in [-0.25, -0.2) is 14.4 Å². The Labute approximate surface area is 177 Å². The Morgan fingerprint density at radius 3 is 2.47 bits per heavy atom. The van der Waals surface area contributed by atoms with Crippen LogP contribution in [-0.2, 0) is 13.0 Å². The number of aromatic nitrogens is 2. The Kier molecular flexibility index (Phi) is 6.21. The smallest absolute Gasteiger partial charge is 0.159 e. The molecule has 2 heterocycles. The Morgan fingerprint density at radius 1 is 1.03 bits per heavy atom. The number of hydrogen-bond donors (Lipinski definition) is 1. The minimum Gasteiger partial charge on any atom is -0.396 e.